The van der Waals surface area contributed by atoms with E-state index in [4.69, 9.17) is 0 Å². The van der Waals surface area contributed by atoms with Crippen LogP contribution in [-0.2, 0) is 0 Å². The Morgan fingerprint density at radius 2 is 2.06 bits per heavy atom. The van der Waals surface area contributed by atoms with E-state index in [1.54, 1.807) is 0 Å². The zero-order valence-electron chi connectivity index (χ0n) is 11.2. The van der Waals surface area contributed by atoms with Crippen LogP contribution in [0.3, 0.4) is 0 Å². The second-order valence-corrected chi connectivity index (χ2v) is 4.16. The predicted molar refractivity (Wildman–Crippen MR) is 72.6 cm³/mol. The Morgan fingerprint density at radius 1 is 1.35 bits per heavy atom. The first-order valence-corrected chi connectivity index (χ1v) is 6.21. The number of amides is 1. The molecule has 0 saturated carbocycles. The van der Waals surface area contributed by atoms with Gasteiger partial charge in [-0.15, -0.1) is 0 Å². The summed E-state index contributed by atoms with van der Waals surface area (Å²) in [7, 11) is 1.88. The van der Waals surface area contributed by atoms with Crippen molar-refractivity contribution in [2.75, 3.05) is 25.5 Å². The highest BCUT2D eigenvalue weighted by molar-refractivity contribution is 5.96. The van der Waals surface area contributed by atoms with E-state index in [2.05, 4.69) is 12.2 Å². The monoisotopic (exact) mass is 234 g/mol. The number of benzene rings is 1. The molecule has 0 spiro atoms. The van der Waals surface area contributed by atoms with Gasteiger partial charge in [-0.1, -0.05) is 6.92 Å². The molecule has 1 aromatic rings. The molecule has 0 bridgehead atoms. The fourth-order valence-electron chi connectivity index (χ4n) is 1.90. The number of hydrogen-bond acceptors (Lipinski definition) is 2. The lowest BCUT2D eigenvalue weighted by Crippen LogP contribution is -2.31. The molecule has 94 valence electrons. The van der Waals surface area contributed by atoms with Crippen molar-refractivity contribution >= 4 is 11.6 Å². The van der Waals surface area contributed by atoms with Gasteiger partial charge in [0.1, 0.15) is 0 Å². The summed E-state index contributed by atoms with van der Waals surface area (Å²) < 4.78 is 0. The smallest absolute Gasteiger partial charge is 0.254 e. The van der Waals surface area contributed by atoms with Gasteiger partial charge < -0.3 is 10.2 Å². The molecule has 0 heterocycles. The van der Waals surface area contributed by atoms with Crippen molar-refractivity contribution in [3.8, 4) is 0 Å². The van der Waals surface area contributed by atoms with Crippen LogP contribution in [0.5, 0.6) is 0 Å². The highest BCUT2D eigenvalue weighted by Crippen LogP contribution is 2.16. The number of aryl methyl sites for hydroxylation is 1. The van der Waals surface area contributed by atoms with E-state index < -0.39 is 0 Å². The lowest BCUT2D eigenvalue weighted by molar-refractivity contribution is 0.0764. The van der Waals surface area contributed by atoms with Crippen LogP contribution in [-0.4, -0.2) is 30.9 Å². The highest BCUT2D eigenvalue weighted by atomic mass is 16.2. The number of nitrogens with zero attached hydrogens (tertiary/aromatic N) is 1. The van der Waals surface area contributed by atoms with Gasteiger partial charge >= 0.3 is 0 Å². The summed E-state index contributed by atoms with van der Waals surface area (Å²) >= 11 is 0. The molecule has 1 amide bonds. The number of hydrogen-bond donors (Lipinski definition) is 1. The molecular weight excluding hydrogens is 212 g/mol. The van der Waals surface area contributed by atoms with Crippen LogP contribution in [0.4, 0.5) is 5.69 Å². The quantitative estimate of drug-likeness (QED) is 0.849. The van der Waals surface area contributed by atoms with Crippen LogP contribution in [0.15, 0.2) is 18.2 Å². The molecule has 17 heavy (non-hydrogen) atoms. The molecule has 0 unspecified atom stereocenters. The van der Waals surface area contributed by atoms with Gasteiger partial charge in [-0.3, -0.25) is 4.79 Å². The number of carbonyl (C=O) groups excluding carboxylic acids is 1. The molecule has 1 aromatic carbocycles. The van der Waals surface area contributed by atoms with Crippen molar-refractivity contribution in [3.05, 3.63) is 29.3 Å². The first-order chi connectivity index (χ1) is 8.13. The summed E-state index contributed by atoms with van der Waals surface area (Å²) in [4.78, 5) is 14.2. The Labute approximate surface area is 104 Å². The normalized spacial score (nSPS) is 10.1. The Hall–Kier alpha value is -1.51. The summed E-state index contributed by atoms with van der Waals surface area (Å²) in [5.41, 5.74) is 2.87. The van der Waals surface area contributed by atoms with Crippen molar-refractivity contribution in [1.29, 1.82) is 0 Å². The molecule has 1 N–H and O–H groups in total. The van der Waals surface area contributed by atoms with E-state index in [-0.39, 0.29) is 5.91 Å². The standard InChI is InChI=1S/C14H22N2O/c1-5-9-16(6-2)14(17)13-8-7-12(15-4)10-11(13)3/h7-8,10,15H,5-6,9H2,1-4H3. The average molecular weight is 234 g/mol. The SMILES string of the molecule is CCCN(CC)C(=O)c1ccc(NC)cc1C. The number of anilines is 1. The largest absolute Gasteiger partial charge is 0.388 e. The lowest BCUT2D eigenvalue weighted by atomic mass is 10.1. The topological polar surface area (TPSA) is 32.3 Å². The van der Waals surface area contributed by atoms with E-state index in [1.165, 1.54) is 0 Å². The Bertz CT molecular complexity index is 388. The summed E-state index contributed by atoms with van der Waals surface area (Å²) in [6, 6.07) is 5.86. The first kappa shape index (κ1) is 13.6. The molecule has 1 rings (SSSR count). The molecular formula is C14H22N2O. The molecule has 0 aliphatic carbocycles. The van der Waals surface area contributed by atoms with Gasteiger partial charge in [-0.2, -0.15) is 0 Å². The molecule has 0 saturated heterocycles. The van der Waals surface area contributed by atoms with Crippen molar-refractivity contribution in [2.45, 2.75) is 27.2 Å². The van der Waals surface area contributed by atoms with Crippen LogP contribution in [0.2, 0.25) is 0 Å². The third kappa shape index (κ3) is 3.22. The summed E-state index contributed by atoms with van der Waals surface area (Å²) in [6.45, 7) is 7.67. The lowest BCUT2D eigenvalue weighted by Gasteiger charge is -2.21. The maximum absolute atomic E-state index is 12.3. The van der Waals surface area contributed by atoms with Crippen molar-refractivity contribution in [2.24, 2.45) is 0 Å². The van der Waals surface area contributed by atoms with Gasteiger partial charge in [0, 0.05) is 31.4 Å². The van der Waals surface area contributed by atoms with Gasteiger partial charge in [-0.25, -0.2) is 0 Å². The van der Waals surface area contributed by atoms with Crippen molar-refractivity contribution in [1.82, 2.24) is 4.90 Å². The van der Waals surface area contributed by atoms with E-state index >= 15 is 0 Å². The van der Waals surface area contributed by atoms with Crippen molar-refractivity contribution < 1.29 is 4.79 Å². The minimum absolute atomic E-state index is 0.134. The molecule has 0 aliphatic rings. The van der Waals surface area contributed by atoms with E-state index in [1.807, 2.05) is 44.0 Å². The third-order valence-corrected chi connectivity index (χ3v) is 2.91. The third-order valence-electron chi connectivity index (χ3n) is 2.91. The Balaban J connectivity index is 2.95. The molecule has 3 nitrogen and oxygen atoms in total. The molecule has 0 aromatic heterocycles. The fraction of sp³-hybridized carbons (Fsp3) is 0.500. The highest BCUT2D eigenvalue weighted by Gasteiger charge is 2.15. The second-order valence-electron chi connectivity index (χ2n) is 4.16. The van der Waals surface area contributed by atoms with Crippen LogP contribution in [0.1, 0.15) is 36.2 Å². The average Bonchev–Trinajstić information content (AvgIpc) is 2.35. The van der Waals surface area contributed by atoms with E-state index in [0.717, 1.165) is 36.3 Å². The molecule has 3 heteroatoms. The zero-order chi connectivity index (χ0) is 12.8. The Morgan fingerprint density at radius 3 is 2.53 bits per heavy atom. The number of carbonyl (C=O) groups is 1. The van der Waals surface area contributed by atoms with Gasteiger partial charge in [0.2, 0.25) is 0 Å². The van der Waals surface area contributed by atoms with Gasteiger partial charge in [0.15, 0.2) is 0 Å². The van der Waals surface area contributed by atoms with Crippen LogP contribution in [0.25, 0.3) is 0 Å². The number of rotatable bonds is 5. The molecule has 0 aliphatic heterocycles. The Kier molecular flexibility index (Phi) is 5.01. The van der Waals surface area contributed by atoms with Crippen molar-refractivity contribution in [3.63, 3.8) is 0 Å². The van der Waals surface area contributed by atoms with Gasteiger partial charge in [0.25, 0.3) is 5.91 Å². The minimum atomic E-state index is 0.134. The van der Waals surface area contributed by atoms with Gasteiger partial charge in [-0.05, 0) is 44.0 Å². The fourth-order valence-corrected chi connectivity index (χ4v) is 1.90. The minimum Gasteiger partial charge on any atom is -0.388 e. The van der Waals surface area contributed by atoms with Crippen LogP contribution < -0.4 is 5.32 Å². The number of nitrogens with one attached hydrogen (secondary N) is 1. The maximum atomic E-state index is 12.3. The summed E-state index contributed by atoms with van der Waals surface area (Å²) in [5, 5.41) is 3.08. The maximum Gasteiger partial charge on any atom is 0.254 e. The second kappa shape index (κ2) is 6.28. The first-order valence-electron chi connectivity index (χ1n) is 6.21. The molecule has 0 fully saturated rings. The zero-order valence-corrected chi connectivity index (χ0v) is 11.2. The predicted octanol–water partition coefficient (Wildman–Crippen LogP) is 2.91. The van der Waals surface area contributed by atoms with E-state index in [0.29, 0.717) is 0 Å². The molecule has 0 atom stereocenters. The van der Waals surface area contributed by atoms with Crippen LogP contribution >= 0.6 is 0 Å². The van der Waals surface area contributed by atoms with Crippen LogP contribution in [0, 0.1) is 6.92 Å². The van der Waals surface area contributed by atoms with E-state index in [9.17, 15) is 4.79 Å². The van der Waals surface area contributed by atoms with Gasteiger partial charge in [0.05, 0.1) is 0 Å². The summed E-state index contributed by atoms with van der Waals surface area (Å²) in [5.74, 6) is 0.134. The molecule has 0 radical (unpaired) electrons. The summed E-state index contributed by atoms with van der Waals surface area (Å²) in [6.07, 6.45) is 0.993.